The average Bonchev–Trinajstić information content (AvgIpc) is 2.35. The molecule has 5 heteroatoms. The number of aromatic nitrogens is 2. The van der Waals surface area contributed by atoms with Crippen LogP contribution >= 0.6 is 22.6 Å². The molecular formula is C14H15FIN3. The van der Waals surface area contributed by atoms with E-state index in [1.165, 1.54) is 12.1 Å². The van der Waals surface area contributed by atoms with Crippen molar-refractivity contribution < 1.29 is 4.39 Å². The molecule has 0 spiro atoms. The summed E-state index contributed by atoms with van der Waals surface area (Å²) in [6, 6.07) is 4.59. The Labute approximate surface area is 125 Å². The van der Waals surface area contributed by atoms with Crippen molar-refractivity contribution in [2.45, 2.75) is 26.7 Å². The normalized spacial score (nSPS) is 11.1. The zero-order chi connectivity index (χ0) is 14.2. The molecule has 0 atom stereocenters. The van der Waals surface area contributed by atoms with E-state index in [0.29, 0.717) is 17.2 Å². The van der Waals surface area contributed by atoms with Gasteiger partial charge in [-0.2, -0.15) is 0 Å². The maximum atomic E-state index is 13.4. The second kappa shape index (κ2) is 5.40. The number of benzene rings is 1. The average molecular weight is 371 g/mol. The third kappa shape index (κ3) is 2.86. The third-order valence-electron chi connectivity index (χ3n) is 2.89. The van der Waals surface area contributed by atoms with Crippen molar-refractivity contribution in [3.8, 4) is 11.4 Å². The summed E-state index contributed by atoms with van der Waals surface area (Å²) < 4.78 is 14.2. The molecule has 1 aromatic heterocycles. The van der Waals surface area contributed by atoms with Crippen molar-refractivity contribution in [1.29, 1.82) is 0 Å². The van der Waals surface area contributed by atoms with E-state index in [-0.39, 0.29) is 11.7 Å². The minimum atomic E-state index is -0.299. The van der Waals surface area contributed by atoms with Crippen LogP contribution in [-0.4, -0.2) is 9.97 Å². The van der Waals surface area contributed by atoms with E-state index in [0.717, 1.165) is 14.8 Å². The quantitative estimate of drug-likeness (QED) is 0.815. The smallest absolute Gasteiger partial charge is 0.162 e. The zero-order valence-corrected chi connectivity index (χ0v) is 13.2. The van der Waals surface area contributed by atoms with Gasteiger partial charge < -0.3 is 5.73 Å². The van der Waals surface area contributed by atoms with Gasteiger partial charge in [0.05, 0.1) is 9.26 Å². The van der Waals surface area contributed by atoms with Crippen molar-refractivity contribution in [2.75, 3.05) is 5.73 Å². The van der Waals surface area contributed by atoms with E-state index in [2.05, 4.69) is 32.6 Å². The molecule has 0 unspecified atom stereocenters. The first-order chi connectivity index (χ1) is 8.90. The molecule has 0 aliphatic carbocycles. The zero-order valence-electron chi connectivity index (χ0n) is 11.0. The van der Waals surface area contributed by atoms with Gasteiger partial charge in [0.2, 0.25) is 0 Å². The van der Waals surface area contributed by atoms with Gasteiger partial charge in [-0.25, -0.2) is 14.4 Å². The number of aryl methyl sites for hydroxylation is 1. The summed E-state index contributed by atoms with van der Waals surface area (Å²) in [7, 11) is 0. The summed E-state index contributed by atoms with van der Waals surface area (Å²) in [5.41, 5.74) is 8.44. The van der Waals surface area contributed by atoms with Gasteiger partial charge in [-0.1, -0.05) is 19.9 Å². The van der Waals surface area contributed by atoms with Crippen LogP contribution in [0.5, 0.6) is 0 Å². The number of nitrogens with two attached hydrogens (primary N) is 1. The minimum Gasteiger partial charge on any atom is -0.383 e. The predicted octanol–water partition coefficient (Wildman–Crippen LogP) is 3.90. The van der Waals surface area contributed by atoms with E-state index in [1.54, 1.807) is 6.07 Å². The fourth-order valence-corrected chi connectivity index (χ4v) is 2.68. The first-order valence-corrected chi connectivity index (χ1v) is 7.07. The number of anilines is 1. The SMILES string of the molecule is Cc1ccc(F)cc1-c1nc(N)c(I)c(C(C)C)n1. The fourth-order valence-electron chi connectivity index (χ4n) is 1.82. The predicted molar refractivity (Wildman–Crippen MR) is 83.4 cm³/mol. The van der Waals surface area contributed by atoms with E-state index in [4.69, 9.17) is 5.73 Å². The van der Waals surface area contributed by atoms with Crippen LogP contribution in [-0.2, 0) is 0 Å². The maximum Gasteiger partial charge on any atom is 0.162 e. The molecule has 0 aliphatic rings. The molecule has 1 heterocycles. The van der Waals surface area contributed by atoms with Crippen molar-refractivity contribution in [2.24, 2.45) is 0 Å². The Morgan fingerprint density at radius 2 is 1.95 bits per heavy atom. The number of hydrogen-bond donors (Lipinski definition) is 1. The highest BCUT2D eigenvalue weighted by molar-refractivity contribution is 14.1. The van der Waals surface area contributed by atoms with Gasteiger partial charge in [0.25, 0.3) is 0 Å². The molecule has 19 heavy (non-hydrogen) atoms. The van der Waals surface area contributed by atoms with E-state index in [9.17, 15) is 4.39 Å². The Morgan fingerprint density at radius 1 is 1.26 bits per heavy atom. The minimum absolute atomic E-state index is 0.241. The number of nitrogens with zero attached hydrogens (tertiary/aromatic N) is 2. The summed E-state index contributed by atoms with van der Waals surface area (Å²) >= 11 is 2.15. The number of halogens is 2. The molecule has 1 aromatic carbocycles. The van der Waals surface area contributed by atoms with Gasteiger partial charge in [-0.3, -0.25) is 0 Å². The first-order valence-electron chi connectivity index (χ1n) is 5.99. The van der Waals surface area contributed by atoms with Crippen LogP contribution in [0.15, 0.2) is 18.2 Å². The molecule has 0 amide bonds. The Morgan fingerprint density at radius 3 is 2.58 bits per heavy atom. The first kappa shape index (κ1) is 14.2. The monoisotopic (exact) mass is 371 g/mol. The molecule has 2 N–H and O–H groups in total. The molecule has 0 radical (unpaired) electrons. The summed E-state index contributed by atoms with van der Waals surface area (Å²) in [4.78, 5) is 8.82. The van der Waals surface area contributed by atoms with Gasteiger partial charge >= 0.3 is 0 Å². The van der Waals surface area contributed by atoms with Crippen molar-refractivity contribution >= 4 is 28.4 Å². The second-order valence-corrected chi connectivity index (χ2v) is 5.82. The van der Waals surface area contributed by atoms with Gasteiger partial charge in [0.15, 0.2) is 5.82 Å². The van der Waals surface area contributed by atoms with Gasteiger partial charge in [-0.15, -0.1) is 0 Å². The number of nitrogen functional groups attached to an aromatic ring is 1. The molecule has 100 valence electrons. The molecule has 0 bridgehead atoms. The molecule has 2 rings (SSSR count). The van der Waals surface area contributed by atoms with Gasteiger partial charge in [0.1, 0.15) is 11.6 Å². The van der Waals surface area contributed by atoms with Crippen LogP contribution in [0.3, 0.4) is 0 Å². The maximum absolute atomic E-state index is 13.4. The lowest BCUT2D eigenvalue weighted by molar-refractivity contribution is 0.627. The third-order valence-corrected chi connectivity index (χ3v) is 4.00. The fraction of sp³-hybridized carbons (Fsp3) is 0.286. The largest absolute Gasteiger partial charge is 0.383 e. The van der Waals surface area contributed by atoms with Gasteiger partial charge in [0, 0.05) is 5.56 Å². The van der Waals surface area contributed by atoms with E-state index >= 15 is 0 Å². The second-order valence-electron chi connectivity index (χ2n) is 4.75. The highest BCUT2D eigenvalue weighted by Gasteiger charge is 2.15. The van der Waals surface area contributed by atoms with Crippen LogP contribution in [0.25, 0.3) is 11.4 Å². The van der Waals surface area contributed by atoms with E-state index < -0.39 is 0 Å². The number of rotatable bonds is 2. The molecule has 3 nitrogen and oxygen atoms in total. The lowest BCUT2D eigenvalue weighted by Crippen LogP contribution is -2.07. The van der Waals surface area contributed by atoms with Crippen LogP contribution in [0, 0.1) is 16.3 Å². The van der Waals surface area contributed by atoms with Crippen LogP contribution in [0.2, 0.25) is 0 Å². The Hall–Kier alpha value is -1.24. The summed E-state index contributed by atoms with van der Waals surface area (Å²) in [5, 5.41) is 0. The molecule has 2 aromatic rings. The molecular weight excluding hydrogens is 356 g/mol. The Bertz CT molecular complexity index is 626. The molecule has 0 fully saturated rings. The van der Waals surface area contributed by atoms with Crippen LogP contribution in [0.4, 0.5) is 10.2 Å². The van der Waals surface area contributed by atoms with E-state index in [1.807, 2.05) is 20.8 Å². The molecule has 0 saturated heterocycles. The summed E-state index contributed by atoms with van der Waals surface area (Å²) in [6.07, 6.45) is 0. The lowest BCUT2D eigenvalue weighted by Gasteiger charge is -2.12. The molecule has 0 aliphatic heterocycles. The standard InChI is InChI=1S/C14H15FIN3/c1-7(2)12-11(16)13(17)19-14(18-12)10-6-9(15)5-4-8(10)3/h4-7H,1-3H3,(H2,17,18,19). The highest BCUT2D eigenvalue weighted by Crippen LogP contribution is 2.28. The lowest BCUT2D eigenvalue weighted by atomic mass is 10.1. The number of hydrogen-bond acceptors (Lipinski definition) is 3. The van der Waals surface area contributed by atoms with Crippen LogP contribution in [0.1, 0.15) is 31.0 Å². The Kier molecular flexibility index (Phi) is 4.03. The molecule has 0 saturated carbocycles. The van der Waals surface area contributed by atoms with Crippen LogP contribution < -0.4 is 5.73 Å². The Balaban J connectivity index is 2.66. The van der Waals surface area contributed by atoms with Crippen molar-refractivity contribution in [3.63, 3.8) is 0 Å². The summed E-state index contributed by atoms with van der Waals surface area (Å²) in [6.45, 7) is 6.00. The summed E-state index contributed by atoms with van der Waals surface area (Å²) in [5.74, 6) is 0.869. The van der Waals surface area contributed by atoms with Crippen molar-refractivity contribution in [3.05, 3.63) is 38.8 Å². The van der Waals surface area contributed by atoms with Gasteiger partial charge in [-0.05, 0) is 53.1 Å². The topological polar surface area (TPSA) is 51.8 Å². The van der Waals surface area contributed by atoms with Crippen molar-refractivity contribution in [1.82, 2.24) is 9.97 Å². The highest BCUT2D eigenvalue weighted by atomic mass is 127.